The van der Waals surface area contributed by atoms with E-state index in [0.717, 1.165) is 18.7 Å². The first-order valence-electron chi connectivity index (χ1n) is 10.9. The van der Waals surface area contributed by atoms with Gasteiger partial charge in [-0.2, -0.15) is 0 Å². The number of amides is 1. The zero-order valence-electron chi connectivity index (χ0n) is 19.2. The molecular weight excluding hydrogens is 390 g/mol. The molecule has 168 valence electrons. The molecule has 0 unspecified atom stereocenters. The first kappa shape index (κ1) is 23.3. The molecular formula is C25H35N3O3. The number of nitrogens with zero attached hydrogens (tertiary/aromatic N) is 1. The van der Waals surface area contributed by atoms with Gasteiger partial charge in [0.1, 0.15) is 11.8 Å². The first-order valence-corrected chi connectivity index (χ1v) is 10.9. The second-order valence-corrected chi connectivity index (χ2v) is 8.92. The lowest BCUT2D eigenvalue weighted by atomic mass is 9.98. The standard InChI is InChI=1S/C25H35N3O3/c1-18-15-28(16-19(2)31-18)25(3,4)17-26-23(20-10-7-6-8-11-20)24(29)27-21-12-9-13-22(14-21)30-5/h6-14,18-19,23,26H,15-17H2,1-5H3,(H,27,29)/t18-,19+,23-/m1/s1. The van der Waals surface area contributed by atoms with Crippen molar-refractivity contribution in [3.05, 3.63) is 60.2 Å². The summed E-state index contributed by atoms with van der Waals surface area (Å²) in [6.45, 7) is 11.1. The molecule has 6 nitrogen and oxygen atoms in total. The lowest BCUT2D eigenvalue weighted by molar-refractivity contribution is -0.119. The van der Waals surface area contributed by atoms with Crippen LogP contribution < -0.4 is 15.4 Å². The largest absolute Gasteiger partial charge is 0.497 e. The maximum absolute atomic E-state index is 13.3. The number of rotatable bonds is 8. The van der Waals surface area contributed by atoms with Crippen molar-refractivity contribution in [1.82, 2.24) is 10.2 Å². The van der Waals surface area contributed by atoms with E-state index in [1.165, 1.54) is 0 Å². The number of carbonyl (C=O) groups is 1. The zero-order chi connectivity index (χ0) is 22.4. The number of methoxy groups -OCH3 is 1. The molecule has 3 rings (SSSR count). The minimum absolute atomic E-state index is 0.0982. The van der Waals surface area contributed by atoms with E-state index in [2.05, 4.69) is 43.2 Å². The van der Waals surface area contributed by atoms with Crippen molar-refractivity contribution in [1.29, 1.82) is 0 Å². The fraction of sp³-hybridized carbons (Fsp3) is 0.480. The minimum Gasteiger partial charge on any atom is -0.497 e. The van der Waals surface area contributed by atoms with Gasteiger partial charge in [0.25, 0.3) is 0 Å². The number of anilines is 1. The Bertz CT molecular complexity index is 846. The predicted molar refractivity (Wildman–Crippen MR) is 124 cm³/mol. The van der Waals surface area contributed by atoms with Crippen LogP contribution in [0.15, 0.2) is 54.6 Å². The van der Waals surface area contributed by atoms with Crippen LogP contribution >= 0.6 is 0 Å². The van der Waals surface area contributed by atoms with Crippen LogP contribution in [0.4, 0.5) is 5.69 Å². The van der Waals surface area contributed by atoms with Crippen molar-refractivity contribution >= 4 is 11.6 Å². The minimum atomic E-state index is -0.470. The zero-order valence-corrected chi connectivity index (χ0v) is 19.2. The van der Waals surface area contributed by atoms with E-state index >= 15 is 0 Å². The van der Waals surface area contributed by atoms with Crippen molar-refractivity contribution < 1.29 is 14.3 Å². The highest BCUT2D eigenvalue weighted by atomic mass is 16.5. The number of carbonyl (C=O) groups excluding carboxylic acids is 1. The molecule has 1 heterocycles. The van der Waals surface area contributed by atoms with Gasteiger partial charge in [-0.15, -0.1) is 0 Å². The van der Waals surface area contributed by atoms with Crippen LogP contribution in [0.5, 0.6) is 5.75 Å². The Hall–Kier alpha value is -2.41. The van der Waals surface area contributed by atoms with Crippen LogP contribution in [0.25, 0.3) is 0 Å². The fourth-order valence-corrected chi connectivity index (χ4v) is 4.06. The van der Waals surface area contributed by atoms with Gasteiger partial charge in [-0.1, -0.05) is 36.4 Å². The molecule has 0 aromatic heterocycles. The van der Waals surface area contributed by atoms with Gasteiger partial charge < -0.3 is 20.1 Å². The molecule has 0 spiro atoms. The molecule has 1 amide bonds. The molecule has 2 aromatic rings. The van der Waals surface area contributed by atoms with Crippen LogP contribution in [-0.4, -0.2) is 55.3 Å². The number of benzene rings is 2. The first-order chi connectivity index (χ1) is 14.8. The van der Waals surface area contributed by atoms with Crippen LogP contribution in [0.3, 0.4) is 0 Å². The number of ether oxygens (including phenoxy) is 2. The van der Waals surface area contributed by atoms with E-state index in [9.17, 15) is 4.79 Å². The van der Waals surface area contributed by atoms with Crippen molar-refractivity contribution in [2.45, 2.75) is 51.5 Å². The molecule has 3 atom stereocenters. The molecule has 31 heavy (non-hydrogen) atoms. The Kier molecular flexibility index (Phi) is 7.70. The quantitative estimate of drug-likeness (QED) is 0.673. The number of hydrogen-bond acceptors (Lipinski definition) is 5. The second-order valence-electron chi connectivity index (χ2n) is 8.92. The van der Waals surface area contributed by atoms with E-state index in [4.69, 9.17) is 9.47 Å². The Labute approximate surface area is 185 Å². The van der Waals surface area contributed by atoms with Gasteiger partial charge in [0, 0.05) is 36.9 Å². The predicted octanol–water partition coefficient (Wildman–Crippen LogP) is 3.85. The van der Waals surface area contributed by atoms with Gasteiger partial charge in [-0.05, 0) is 45.4 Å². The second kappa shape index (κ2) is 10.3. The van der Waals surface area contributed by atoms with Gasteiger partial charge in [0.05, 0.1) is 19.3 Å². The third-order valence-corrected chi connectivity index (χ3v) is 5.75. The number of morpholine rings is 1. The lowest BCUT2D eigenvalue weighted by Gasteiger charge is -2.45. The Morgan fingerprint density at radius 1 is 1.13 bits per heavy atom. The Morgan fingerprint density at radius 3 is 2.45 bits per heavy atom. The molecule has 0 radical (unpaired) electrons. The maximum Gasteiger partial charge on any atom is 0.246 e. The molecule has 1 aliphatic heterocycles. The van der Waals surface area contributed by atoms with Gasteiger partial charge in [0.15, 0.2) is 0 Å². The molecule has 6 heteroatoms. The summed E-state index contributed by atoms with van der Waals surface area (Å²) in [6, 6.07) is 16.8. The van der Waals surface area contributed by atoms with Crippen molar-refractivity contribution in [3.63, 3.8) is 0 Å². The monoisotopic (exact) mass is 425 g/mol. The third kappa shape index (κ3) is 6.29. The van der Waals surface area contributed by atoms with Crippen LogP contribution in [0.1, 0.15) is 39.3 Å². The molecule has 1 saturated heterocycles. The van der Waals surface area contributed by atoms with E-state index in [1.54, 1.807) is 7.11 Å². The lowest BCUT2D eigenvalue weighted by Crippen LogP contribution is -2.58. The third-order valence-electron chi connectivity index (χ3n) is 5.75. The van der Waals surface area contributed by atoms with E-state index in [-0.39, 0.29) is 23.7 Å². The molecule has 1 aliphatic rings. The average molecular weight is 426 g/mol. The highest BCUT2D eigenvalue weighted by Crippen LogP contribution is 2.24. The molecule has 2 aromatic carbocycles. The van der Waals surface area contributed by atoms with Gasteiger partial charge in [-0.25, -0.2) is 0 Å². The van der Waals surface area contributed by atoms with Crippen molar-refractivity contribution in [2.24, 2.45) is 0 Å². The Morgan fingerprint density at radius 2 is 1.81 bits per heavy atom. The van der Waals surface area contributed by atoms with Crippen LogP contribution in [-0.2, 0) is 9.53 Å². The number of nitrogens with one attached hydrogen (secondary N) is 2. The van der Waals surface area contributed by atoms with Crippen molar-refractivity contribution in [2.75, 3.05) is 32.1 Å². The highest BCUT2D eigenvalue weighted by molar-refractivity contribution is 5.95. The Balaban J connectivity index is 1.74. The summed E-state index contributed by atoms with van der Waals surface area (Å²) in [6.07, 6.45) is 0.397. The molecule has 0 saturated carbocycles. The van der Waals surface area contributed by atoms with Gasteiger partial charge in [0.2, 0.25) is 5.91 Å². The molecule has 1 fully saturated rings. The summed E-state index contributed by atoms with van der Waals surface area (Å²) in [5, 5.41) is 6.56. The van der Waals surface area contributed by atoms with E-state index in [1.807, 2.05) is 54.6 Å². The molecule has 0 bridgehead atoms. The van der Waals surface area contributed by atoms with Crippen LogP contribution in [0.2, 0.25) is 0 Å². The van der Waals surface area contributed by atoms with Gasteiger partial charge >= 0.3 is 0 Å². The van der Waals surface area contributed by atoms with Crippen molar-refractivity contribution in [3.8, 4) is 5.75 Å². The average Bonchev–Trinajstić information content (AvgIpc) is 2.74. The van der Waals surface area contributed by atoms with E-state index in [0.29, 0.717) is 18.0 Å². The summed E-state index contributed by atoms with van der Waals surface area (Å²) >= 11 is 0. The summed E-state index contributed by atoms with van der Waals surface area (Å²) in [7, 11) is 1.62. The smallest absolute Gasteiger partial charge is 0.246 e. The summed E-state index contributed by atoms with van der Waals surface area (Å²) < 4.78 is 11.2. The normalized spacial score (nSPS) is 20.8. The SMILES string of the molecule is COc1cccc(NC(=O)[C@H](NCC(C)(C)N2C[C@@H](C)O[C@@H](C)C2)c2ccccc2)c1. The van der Waals surface area contributed by atoms with E-state index < -0.39 is 6.04 Å². The van der Waals surface area contributed by atoms with Gasteiger partial charge in [-0.3, -0.25) is 9.69 Å². The summed E-state index contributed by atoms with van der Waals surface area (Å²) in [5.74, 6) is 0.609. The molecule has 0 aliphatic carbocycles. The summed E-state index contributed by atoms with van der Waals surface area (Å²) in [5.41, 5.74) is 1.51. The summed E-state index contributed by atoms with van der Waals surface area (Å²) in [4.78, 5) is 15.7. The molecule has 2 N–H and O–H groups in total. The highest BCUT2D eigenvalue weighted by Gasteiger charge is 2.34. The maximum atomic E-state index is 13.3. The number of hydrogen-bond donors (Lipinski definition) is 2. The fourth-order valence-electron chi connectivity index (χ4n) is 4.06. The topological polar surface area (TPSA) is 62.8 Å². The van der Waals surface area contributed by atoms with Crippen LogP contribution in [0, 0.1) is 0 Å².